The van der Waals surface area contributed by atoms with Crippen LogP contribution in [0.15, 0.2) is 88.4 Å². The number of carbonyl (C=O) groups is 1. The van der Waals surface area contributed by atoms with Crippen molar-refractivity contribution >= 4 is 38.8 Å². The summed E-state index contributed by atoms with van der Waals surface area (Å²) in [4.78, 5) is 12.3. The molecule has 0 unspecified atom stereocenters. The van der Waals surface area contributed by atoms with Crippen LogP contribution in [-0.4, -0.2) is 19.2 Å². The van der Waals surface area contributed by atoms with Crippen LogP contribution in [0.4, 0.5) is 0 Å². The summed E-state index contributed by atoms with van der Waals surface area (Å²) in [5.41, 5.74) is 5.96. The molecule has 4 aromatic rings. The van der Waals surface area contributed by atoms with Gasteiger partial charge in [0.05, 0.1) is 17.8 Å². The molecular weight excluding hydrogens is 480 g/mol. The van der Waals surface area contributed by atoms with Crippen molar-refractivity contribution in [1.29, 1.82) is 0 Å². The van der Waals surface area contributed by atoms with E-state index in [2.05, 4.69) is 50.7 Å². The second kappa shape index (κ2) is 10.3. The van der Waals surface area contributed by atoms with Gasteiger partial charge in [0, 0.05) is 5.56 Å². The van der Waals surface area contributed by atoms with E-state index in [0.717, 1.165) is 26.5 Å². The first-order chi connectivity index (χ1) is 16.0. The molecule has 0 aliphatic carbocycles. The lowest BCUT2D eigenvalue weighted by molar-refractivity contribution is 0.0955. The lowest BCUT2D eigenvalue weighted by Crippen LogP contribution is -2.17. The maximum absolute atomic E-state index is 12.3. The summed E-state index contributed by atoms with van der Waals surface area (Å²) in [7, 11) is 1.59. The zero-order chi connectivity index (χ0) is 23.2. The summed E-state index contributed by atoms with van der Waals surface area (Å²) >= 11 is 3.57. The molecule has 1 N–H and O–H groups in total. The van der Waals surface area contributed by atoms with Gasteiger partial charge in [-0.3, -0.25) is 4.79 Å². The fourth-order valence-corrected chi connectivity index (χ4v) is 4.11. The van der Waals surface area contributed by atoms with Gasteiger partial charge < -0.3 is 9.47 Å². The summed E-state index contributed by atoms with van der Waals surface area (Å²) in [6.07, 6.45) is 1.56. The largest absolute Gasteiger partial charge is 0.493 e. The van der Waals surface area contributed by atoms with Crippen LogP contribution >= 0.6 is 15.9 Å². The highest BCUT2D eigenvalue weighted by Crippen LogP contribution is 2.37. The van der Waals surface area contributed by atoms with Crippen molar-refractivity contribution in [3.05, 3.63) is 106 Å². The maximum Gasteiger partial charge on any atom is 0.271 e. The number of halogens is 1. The first-order valence-electron chi connectivity index (χ1n) is 10.4. The van der Waals surface area contributed by atoms with E-state index in [1.54, 1.807) is 19.4 Å². The normalized spacial score (nSPS) is 11.0. The molecule has 0 aliphatic rings. The molecule has 0 fully saturated rings. The molecular formula is C27H23BrN2O3. The molecule has 33 heavy (non-hydrogen) atoms. The number of nitrogens with one attached hydrogen (secondary N) is 1. The monoisotopic (exact) mass is 502 g/mol. The number of hydrazone groups is 1. The van der Waals surface area contributed by atoms with E-state index >= 15 is 0 Å². The first-order valence-corrected chi connectivity index (χ1v) is 11.2. The standard InChI is InChI=1S/C27H23BrN2O3/c1-18-7-5-10-21(13-18)27(31)30-29-16-19-14-24(28)26(25(15-19)32-2)33-17-22-11-6-9-20-8-3-4-12-23(20)22/h3-16H,17H2,1-2H3,(H,30,31)/b29-16+. The van der Waals surface area contributed by atoms with Crippen LogP contribution in [0, 0.1) is 6.92 Å². The van der Waals surface area contributed by atoms with E-state index in [-0.39, 0.29) is 5.91 Å². The van der Waals surface area contributed by atoms with Crippen LogP contribution in [0.25, 0.3) is 10.8 Å². The number of methoxy groups -OCH3 is 1. The molecule has 0 atom stereocenters. The highest BCUT2D eigenvalue weighted by molar-refractivity contribution is 9.10. The quantitative estimate of drug-likeness (QED) is 0.239. The summed E-state index contributed by atoms with van der Waals surface area (Å²) in [6, 6.07) is 25.4. The number of rotatable bonds is 7. The number of carbonyl (C=O) groups excluding carboxylic acids is 1. The SMILES string of the molecule is COc1cc(/C=N/NC(=O)c2cccc(C)c2)cc(Br)c1OCc1cccc2ccccc12. The molecule has 6 heteroatoms. The fraction of sp³-hybridized carbons (Fsp3) is 0.111. The Balaban J connectivity index is 1.48. The van der Waals surface area contributed by atoms with E-state index in [9.17, 15) is 4.79 Å². The van der Waals surface area contributed by atoms with Gasteiger partial charge in [0.15, 0.2) is 11.5 Å². The second-order valence-corrected chi connectivity index (χ2v) is 8.38. The van der Waals surface area contributed by atoms with E-state index in [4.69, 9.17) is 9.47 Å². The lowest BCUT2D eigenvalue weighted by atomic mass is 10.1. The van der Waals surface area contributed by atoms with Gasteiger partial charge >= 0.3 is 0 Å². The maximum atomic E-state index is 12.3. The number of aryl methyl sites for hydroxylation is 1. The van der Waals surface area contributed by atoms with Crippen molar-refractivity contribution in [2.75, 3.05) is 7.11 Å². The second-order valence-electron chi connectivity index (χ2n) is 7.53. The molecule has 0 aromatic heterocycles. The predicted octanol–water partition coefficient (Wildman–Crippen LogP) is 6.26. The third-order valence-corrected chi connectivity index (χ3v) is 5.75. The Kier molecular flexibility index (Phi) is 7.05. The van der Waals surface area contributed by atoms with Gasteiger partial charge in [0.1, 0.15) is 6.61 Å². The van der Waals surface area contributed by atoms with E-state index < -0.39 is 0 Å². The summed E-state index contributed by atoms with van der Waals surface area (Å²) < 4.78 is 12.4. The molecule has 0 aliphatic heterocycles. The van der Waals surface area contributed by atoms with Crippen molar-refractivity contribution in [2.45, 2.75) is 13.5 Å². The van der Waals surface area contributed by atoms with Gasteiger partial charge in [-0.05, 0) is 69.0 Å². The molecule has 4 aromatic carbocycles. The minimum absolute atomic E-state index is 0.268. The molecule has 0 saturated carbocycles. The van der Waals surface area contributed by atoms with Gasteiger partial charge in [-0.1, -0.05) is 60.2 Å². The third-order valence-electron chi connectivity index (χ3n) is 5.16. The summed E-state index contributed by atoms with van der Waals surface area (Å²) in [6.45, 7) is 2.34. The Morgan fingerprint density at radius 3 is 2.64 bits per heavy atom. The topological polar surface area (TPSA) is 59.9 Å². The molecule has 1 amide bonds. The molecule has 0 saturated heterocycles. The number of fused-ring (bicyclic) bond motifs is 1. The lowest BCUT2D eigenvalue weighted by Gasteiger charge is -2.14. The molecule has 0 radical (unpaired) electrons. The third kappa shape index (κ3) is 5.41. The van der Waals surface area contributed by atoms with Gasteiger partial charge in [-0.25, -0.2) is 5.43 Å². The van der Waals surface area contributed by atoms with Gasteiger partial charge in [0.2, 0.25) is 0 Å². The highest BCUT2D eigenvalue weighted by Gasteiger charge is 2.12. The number of amides is 1. The van der Waals surface area contributed by atoms with Crippen LogP contribution in [0.3, 0.4) is 0 Å². The number of benzene rings is 4. The Bertz CT molecular complexity index is 1330. The van der Waals surface area contributed by atoms with Gasteiger partial charge in [0.25, 0.3) is 5.91 Å². The number of hydrogen-bond acceptors (Lipinski definition) is 4. The smallest absolute Gasteiger partial charge is 0.271 e. The Morgan fingerprint density at radius 2 is 1.82 bits per heavy atom. The van der Waals surface area contributed by atoms with Crippen LogP contribution in [-0.2, 0) is 6.61 Å². The Hall–Kier alpha value is -3.64. The highest BCUT2D eigenvalue weighted by atomic mass is 79.9. The minimum Gasteiger partial charge on any atom is -0.493 e. The van der Waals surface area contributed by atoms with Crippen LogP contribution in [0.5, 0.6) is 11.5 Å². The van der Waals surface area contributed by atoms with Crippen LogP contribution in [0.1, 0.15) is 27.0 Å². The molecule has 5 nitrogen and oxygen atoms in total. The molecule has 0 bridgehead atoms. The van der Waals surface area contributed by atoms with Crippen molar-refractivity contribution in [2.24, 2.45) is 5.10 Å². The summed E-state index contributed by atoms with van der Waals surface area (Å²) in [5.74, 6) is 0.901. The van der Waals surface area contributed by atoms with Crippen molar-refractivity contribution < 1.29 is 14.3 Å². The number of hydrogen-bond donors (Lipinski definition) is 1. The predicted molar refractivity (Wildman–Crippen MR) is 135 cm³/mol. The first kappa shape index (κ1) is 22.6. The fourth-order valence-electron chi connectivity index (χ4n) is 3.54. The van der Waals surface area contributed by atoms with E-state index in [0.29, 0.717) is 23.7 Å². The van der Waals surface area contributed by atoms with Gasteiger partial charge in [-0.2, -0.15) is 5.10 Å². The summed E-state index contributed by atoms with van der Waals surface area (Å²) in [5, 5.41) is 6.41. The van der Waals surface area contributed by atoms with E-state index in [1.807, 2.05) is 55.5 Å². The Morgan fingerprint density at radius 1 is 1.03 bits per heavy atom. The number of ether oxygens (including phenoxy) is 2. The molecule has 0 heterocycles. The molecule has 166 valence electrons. The zero-order valence-electron chi connectivity index (χ0n) is 18.3. The van der Waals surface area contributed by atoms with Crippen molar-refractivity contribution in [3.63, 3.8) is 0 Å². The van der Waals surface area contributed by atoms with Crippen LogP contribution in [0.2, 0.25) is 0 Å². The van der Waals surface area contributed by atoms with Crippen LogP contribution < -0.4 is 14.9 Å². The van der Waals surface area contributed by atoms with Crippen molar-refractivity contribution in [3.8, 4) is 11.5 Å². The molecule has 4 rings (SSSR count). The Labute approximate surface area is 201 Å². The minimum atomic E-state index is -0.268. The molecule has 0 spiro atoms. The average molecular weight is 503 g/mol. The zero-order valence-corrected chi connectivity index (χ0v) is 19.9. The average Bonchev–Trinajstić information content (AvgIpc) is 2.83. The van der Waals surface area contributed by atoms with Crippen molar-refractivity contribution in [1.82, 2.24) is 5.43 Å². The van der Waals surface area contributed by atoms with E-state index in [1.165, 1.54) is 5.39 Å². The number of nitrogens with zero attached hydrogens (tertiary/aromatic N) is 1. The van der Waals surface area contributed by atoms with Gasteiger partial charge in [-0.15, -0.1) is 0 Å².